The van der Waals surface area contributed by atoms with Crippen molar-refractivity contribution < 1.29 is 22.6 Å². The van der Waals surface area contributed by atoms with E-state index in [1.807, 2.05) is 0 Å². The van der Waals surface area contributed by atoms with E-state index in [2.05, 4.69) is 27.8 Å². The van der Waals surface area contributed by atoms with Crippen molar-refractivity contribution >= 4 is 33.3 Å². The van der Waals surface area contributed by atoms with E-state index in [-0.39, 0.29) is 16.7 Å². The van der Waals surface area contributed by atoms with Crippen LogP contribution in [-0.4, -0.2) is 37.9 Å². The fourth-order valence-electron chi connectivity index (χ4n) is 3.04. The lowest BCUT2D eigenvalue weighted by Crippen LogP contribution is -2.25. The molecule has 184 valence electrons. The minimum absolute atomic E-state index is 0.121. The second-order valence-corrected chi connectivity index (χ2v) is 9.26. The zero-order valence-electron chi connectivity index (χ0n) is 19.4. The Kier molecular flexibility index (Phi) is 11.3. The van der Waals surface area contributed by atoms with Gasteiger partial charge in [0.25, 0.3) is 16.0 Å². The molecule has 0 aromatic heterocycles. The molecule has 3 N–H and O–H groups in total. The predicted molar refractivity (Wildman–Crippen MR) is 130 cm³/mol. The van der Waals surface area contributed by atoms with Crippen molar-refractivity contribution in [1.82, 2.24) is 10.6 Å². The molecule has 2 rings (SSSR count). The molecule has 0 heterocycles. The second kappa shape index (κ2) is 14.2. The smallest absolute Gasteiger partial charge is 0.294 e. The molecule has 10 heteroatoms. The lowest BCUT2D eigenvalue weighted by molar-refractivity contribution is -0.121. The molecule has 0 unspecified atom stereocenters. The molecule has 2 aromatic rings. The van der Waals surface area contributed by atoms with Crippen molar-refractivity contribution in [2.45, 2.75) is 56.8 Å². The van der Waals surface area contributed by atoms with Crippen molar-refractivity contribution in [3.05, 3.63) is 54.1 Å². The Morgan fingerprint density at radius 3 is 1.85 bits per heavy atom. The van der Waals surface area contributed by atoms with Gasteiger partial charge in [0.15, 0.2) is 0 Å². The molecule has 0 atom stereocenters. The summed E-state index contributed by atoms with van der Waals surface area (Å²) in [6.45, 7) is 3.35. The molecule has 0 saturated heterocycles. The third-order valence-electron chi connectivity index (χ3n) is 5.01. The number of hydrogen-bond acceptors (Lipinski definition) is 6. The number of hydrogen-bond donors (Lipinski definition) is 3. The van der Waals surface area contributed by atoms with Crippen LogP contribution in [0.1, 0.15) is 62.2 Å². The van der Waals surface area contributed by atoms with E-state index < -0.39 is 10.1 Å². The van der Waals surface area contributed by atoms with E-state index in [0.717, 1.165) is 38.5 Å². The summed E-state index contributed by atoms with van der Waals surface area (Å²) >= 11 is 0. The number of amides is 2. The van der Waals surface area contributed by atoms with Gasteiger partial charge >= 0.3 is 0 Å². The first kappa shape index (κ1) is 27.1. The van der Waals surface area contributed by atoms with Crippen molar-refractivity contribution in [2.75, 3.05) is 13.1 Å². The van der Waals surface area contributed by atoms with Crippen LogP contribution >= 0.6 is 0 Å². The summed E-state index contributed by atoms with van der Waals surface area (Å²) in [7, 11) is -4.24. The summed E-state index contributed by atoms with van der Waals surface area (Å²) in [5, 5.41) is 13.9. The molecule has 0 saturated carbocycles. The molecule has 0 bridgehead atoms. The highest BCUT2D eigenvalue weighted by molar-refractivity contribution is 7.85. The van der Waals surface area contributed by atoms with Crippen LogP contribution in [0.3, 0.4) is 0 Å². The van der Waals surface area contributed by atoms with Gasteiger partial charge in [-0.25, -0.2) is 0 Å². The summed E-state index contributed by atoms with van der Waals surface area (Å²) in [6.07, 6.45) is 6.34. The number of carbonyl (C=O) groups excluding carboxylic acids is 2. The van der Waals surface area contributed by atoms with E-state index in [4.69, 9.17) is 4.55 Å². The van der Waals surface area contributed by atoms with E-state index >= 15 is 0 Å². The maximum atomic E-state index is 12.3. The van der Waals surface area contributed by atoms with E-state index in [9.17, 15) is 18.0 Å². The van der Waals surface area contributed by atoms with Gasteiger partial charge < -0.3 is 10.6 Å². The van der Waals surface area contributed by atoms with E-state index in [1.165, 1.54) is 24.3 Å². The van der Waals surface area contributed by atoms with Crippen LogP contribution in [0.25, 0.3) is 0 Å². The molecule has 2 aromatic carbocycles. The van der Waals surface area contributed by atoms with Crippen LogP contribution in [-0.2, 0) is 14.9 Å². The van der Waals surface area contributed by atoms with Crippen molar-refractivity contribution in [1.29, 1.82) is 0 Å². The van der Waals surface area contributed by atoms with E-state index in [1.54, 1.807) is 24.3 Å². The minimum Gasteiger partial charge on any atom is -0.356 e. The lowest BCUT2D eigenvalue weighted by Gasteiger charge is -2.06. The largest absolute Gasteiger partial charge is 0.356 e. The first-order valence-electron chi connectivity index (χ1n) is 11.4. The van der Waals surface area contributed by atoms with Crippen molar-refractivity contribution in [2.24, 2.45) is 10.2 Å². The standard InChI is InChI=1S/C24H32N4O5S/c1-2-3-8-23(29)25-17-6-4-5-7-18-26-24(30)19-9-11-20(12-10-19)27-28-21-13-15-22(16-14-21)34(31,32)33/h9-16H,2-8,17-18H2,1H3,(H,25,29)(H,26,30)(H,31,32,33). The molecule has 2 amide bonds. The number of carbonyl (C=O) groups is 2. The highest BCUT2D eigenvalue weighted by Gasteiger charge is 2.08. The molecule has 0 radical (unpaired) electrons. The van der Waals surface area contributed by atoms with Gasteiger partial charge in [0.2, 0.25) is 5.91 Å². The number of nitrogens with zero attached hydrogens (tertiary/aromatic N) is 2. The monoisotopic (exact) mass is 488 g/mol. The van der Waals surface area contributed by atoms with Crippen LogP contribution in [0.4, 0.5) is 11.4 Å². The summed E-state index contributed by atoms with van der Waals surface area (Å²) in [6, 6.07) is 12.0. The van der Waals surface area contributed by atoms with Crippen LogP contribution in [0.5, 0.6) is 0 Å². The predicted octanol–water partition coefficient (Wildman–Crippen LogP) is 4.95. The third-order valence-corrected chi connectivity index (χ3v) is 5.88. The Morgan fingerprint density at radius 2 is 1.32 bits per heavy atom. The zero-order chi connectivity index (χ0) is 24.8. The van der Waals surface area contributed by atoms with Gasteiger partial charge in [-0.05, 0) is 67.8 Å². The molecule has 0 aliphatic heterocycles. The average Bonchev–Trinajstić information content (AvgIpc) is 2.83. The molecule has 0 aliphatic carbocycles. The Hall–Kier alpha value is -3.11. The van der Waals surface area contributed by atoms with Crippen molar-refractivity contribution in [3.8, 4) is 0 Å². The van der Waals surface area contributed by atoms with Gasteiger partial charge in [0, 0.05) is 25.1 Å². The van der Waals surface area contributed by atoms with Gasteiger partial charge in [-0.1, -0.05) is 26.2 Å². The van der Waals surface area contributed by atoms with Gasteiger partial charge in [-0.3, -0.25) is 14.1 Å². The van der Waals surface area contributed by atoms with Gasteiger partial charge in [-0.15, -0.1) is 0 Å². The Morgan fingerprint density at radius 1 is 0.794 bits per heavy atom. The summed E-state index contributed by atoms with van der Waals surface area (Å²) < 4.78 is 31.1. The normalized spacial score (nSPS) is 11.5. The molecular formula is C24H32N4O5S. The van der Waals surface area contributed by atoms with Crippen LogP contribution in [0.15, 0.2) is 63.7 Å². The minimum atomic E-state index is -4.24. The average molecular weight is 489 g/mol. The molecule has 0 fully saturated rings. The molecule has 9 nitrogen and oxygen atoms in total. The number of unbranched alkanes of at least 4 members (excludes halogenated alkanes) is 4. The Labute approximate surface area is 200 Å². The molecule has 34 heavy (non-hydrogen) atoms. The zero-order valence-corrected chi connectivity index (χ0v) is 20.2. The summed E-state index contributed by atoms with van der Waals surface area (Å²) in [4.78, 5) is 23.6. The highest BCUT2D eigenvalue weighted by Crippen LogP contribution is 2.20. The lowest BCUT2D eigenvalue weighted by atomic mass is 10.1. The first-order chi connectivity index (χ1) is 16.3. The summed E-state index contributed by atoms with van der Waals surface area (Å²) in [5.41, 5.74) is 1.48. The first-order valence-corrected chi connectivity index (χ1v) is 12.9. The fourth-order valence-corrected chi connectivity index (χ4v) is 3.52. The number of rotatable bonds is 14. The topological polar surface area (TPSA) is 137 Å². The van der Waals surface area contributed by atoms with Crippen LogP contribution in [0, 0.1) is 0 Å². The maximum absolute atomic E-state index is 12.3. The second-order valence-electron chi connectivity index (χ2n) is 7.84. The highest BCUT2D eigenvalue weighted by atomic mass is 32.2. The Balaban J connectivity index is 1.66. The molecular weight excluding hydrogens is 456 g/mol. The van der Waals surface area contributed by atoms with E-state index in [0.29, 0.717) is 36.4 Å². The van der Waals surface area contributed by atoms with Crippen molar-refractivity contribution in [3.63, 3.8) is 0 Å². The van der Waals surface area contributed by atoms with Crippen LogP contribution in [0.2, 0.25) is 0 Å². The van der Waals surface area contributed by atoms with Gasteiger partial charge in [0.05, 0.1) is 16.3 Å². The maximum Gasteiger partial charge on any atom is 0.294 e. The molecule has 0 spiro atoms. The number of benzene rings is 2. The SMILES string of the molecule is CCCCC(=O)NCCCCCCNC(=O)c1ccc(N=Nc2ccc(S(=O)(=O)O)cc2)cc1. The molecule has 0 aliphatic rings. The third kappa shape index (κ3) is 10.2. The fraction of sp³-hybridized carbons (Fsp3) is 0.417. The Bertz CT molecular complexity index is 1050. The van der Waals surface area contributed by atoms with Gasteiger partial charge in [0.1, 0.15) is 0 Å². The quantitative estimate of drug-likeness (QED) is 0.196. The number of nitrogens with one attached hydrogen (secondary N) is 2. The number of azo groups is 1. The van der Waals surface area contributed by atoms with Crippen LogP contribution < -0.4 is 10.6 Å². The van der Waals surface area contributed by atoms with Gasteiger partial charge in [-0.2, -0.15) is 18.6 Å². The summed E-state index contributed by atoms with van der Waals surface area (Å²) in [5.74, 6) is -0.0385.